The maximum atomic E-state index is 14.5. The number of likely N-dealkylation sites (tertiary alicyclic amines) is 2. The highest BCUT2D eigenvalue weighted by molar-refractivity contribution is 5.94. The van der Waals surface area contributed by atoms with Gasteiger partial charge in [0.25, 0.3) is 5.91 Å². The summed E-state index contributed by atoms with van der Waals surface area (Å²) in [7, 11) is 0. The van der Waals surface area contributed by atoms with Crippen LogP contribution < -0.4 is 5.32 Å². The van der Waals surface area contributed by atoms with E-state index >= 15 is 0 Å². The molecule has 46 heavy (non-hydrogen) atoms. The smallest absolute Gasteiger partial charge is 0.318 e. The molecule has 3 heterocycles. The van der Waals surface area contributed by atoms with Crippen molar-refractivity contribution >= 4 is 24.3 Å². The summed E-state index contributed by atoms with van der Waals surface area (Å²) in [5.74, 6) is -1.96. The third kappa shape index (κ3) is 7.52. The molecule has 11 heteroatoms. The van der Waals surface area contributed by atoms with Crippen LogP contribution in [0.5, 0.6) is 0 Å². The number of nitrogens with one attached hydrogen (secondary N) is 1. The van der Waals surface area contributed by atoms with E-state index in [9.17, 15) is 18.4 Å². The Labute approximate surface area is 275 Å². The van der Waals surface area contributed by atoms with Crippen molar-refractivity contribution in [1.29, 1.82) is 0 Å². The average Bonchev–Trinajstić information content (AvgIpc) is 3.62. The zero-order valence-electron chi connectivity index (χ0n) is 25.9. The predicted octanol–water partition coefficient (Wildman–Crippen LogP) is 5.12. The van der Waals surface area contributed by atoms with E-state index in [4.69, 9.17) is 4.74 Å². The van der Waals surface area contributed by atoms with Crippen molar-refractivity contribution in [3.8, 4) is 0 Å². The first-order chi connectivity index (χ1) is 21.4. The van der Waals surface area contributed by atoms with Gasteiger partial charge in [-0.25, -0.2) is 13.6 Å². The Hall–Kier alpha value is -3.57. The van der Waals surface area contributed by atoms with E-state index in [0.717, 1.165) is 63.5 Å². The van der Waals surface area contributed by atoms with Gasteiger partial charge in [0, 0.05) is 44.8 Å². The molecule has 0 aliphatic carbocycles. The largest absolute Gasteiger partial charge is 0.412 e. The highest BCUT2D eigenvalue weighted by Gasteiger charge is 2.43. The standard InChI is InChI=1S/C35H40F2N4O3.ClH.H2O/c36-30-14-13-29(25-31(30)37)35(26-41(23-24-44-35)32(42)27-9-3-1-4-10-27)17-22-39-20-15-34(16-21-39,28-11-5-2-6-12-28)38-33(43)40-18-7-8-19-40;;/h1-6,9-14,25H,7-8,15-24,26H2,(H,38,43);1H;1H2. The average molecular weight is 657 g/mol. The minimum atomic E-state index is -0.991. The molecule has 0 aromatic heterocycles. The van der Waals surface area contributed by atoms with E-state index in [1.54, 1.807) is 23.1 Å². The fraction of sp³-hybridized carbons (Fsp3) is 0.429. The summed E-state index contributed by atoms with van der Waals surface area (Å²) in [6, 6.07) is 23.2. The van der Waals surface area contributed by atoms with Gasteiger partial charge < -0.3 is 30.2 Å². The number of piperidine rings is 1. The Morgan fingerprint density at radius 1 is 0.783 bits per heavy atom. The molecule has 3 aliphatic rings. The zero-order chi connectivity index (χ0) is 30.6. The Morgan fingerprint density at radius 2 is 1.43 bits per heavy atom. The molecule has 0 bridgehead atoms. The topological polar surface area (TPSA) is 96.6 Å². The predicted molar refractivity (Wildman–Crippen MR) is 175 cm³/mol. The van der Waals surface area contributed by atoms with Gasteiger partial charge in [-0.1, -0.05) is 54.6 Å². The van der Waals surface area contributed by atoms with Crippen molar-refractivity contribution in [2.24, 2.45) is 0 Å². The molecule has 3 aromatic rings. The van der Waals surface area contributed by atoms with E-state index in [2.05, 4.69) is 22.3 Å². The van der Waals surface area contributed by atoms with Crippen LogP contribution in [0.15, 0.2) is 78.9 Å². The summed E-state index contributed by atoms with van der Waals surface area (Å²) in [6.07, 6.45) is 4.06. The first-order valence-electron chi connectivity index (χ1n) is 15.7. The van der Waals surface area contributed by atoms with Crippen molar-refractivity contribution in [3.05, 3.63) is 107 Å². The Balaban J connectivity index is 0.00000240. The van der Waals surface area contributed by atoms with Gasteiger partial charge >= 0.3 is 6.03 Å². The van der Waals surface area contributed by atoms with Gasteiger partial charge in [0.1, 0.15) is 5.60 Å². The van der Waals surface area contributed by atoms with Gasteiger partial charge in [0.05, 0.1) is 18.7 Å². The number of amides is 3. The number of nitrogens with zero attached hydrogens (tertiary/aromatic N) is 3. The number of carbonyl (C=O) groups excluding carboxylic acids is 2. The molecule has 0 spiro atoms. The number of rotatable bonds is 7. The molecule has 3 amide bonds. The van der Waals surface area contributed by atoms with E-state index in [1.807, 2.05) is 41.3 Å². The van der Waals surface area contributed by atoms with E-state index in [-0.39, 0.29) is 43.0 Å². The third-order valence-electron chi connectivity index (χ3n) is 9.55. The molecule has 1 atom stereocenters. The normalized spacial score (nSPS) is 21.2. The molecule has 3 aromatic carbocycles. The van der Waals surface area contributed by atoms with Gasteiger partial charge in [-0.15, -0.1) is 12.4 Å². The lowest BCUT2D eigenvalue weighted by Gasteiger charge is -2.46. The molecule has 0 radical (unpaired) electrons. The summed E-state index contributed by atoms with van der Waals surface area (Å²) in [5.41, 5.74) is 0.759. The highest BCUT2D eigenvalue weighted by Crippen LogP contribution is 2.37. The van der Waals surface area contributed by atoms with Gasteiger partial charge in [-0.3, -0.25) is 4.79 Å². The molecular formula is C35H43ClF2N4O4. The van der Waals surface area contributed by atoms with E-state index in [0.29, 0.717) is 30.6 Å². The second-order valence-corrected chi connectivity index (χ2v) is 12.2. The number of hydrogen-bond donors (Lipinski definition) is 1. The Morgan fingerprint density at radius 3 is 2.09 bits per heavy atom. The molecule has 248 valence electrons. The second-order valence-electron chi connectivity index (χ2n) is 12.2. The molecule has 8 nitrogen and oxygen atoms in total. The molecule has 1 unspecified atom stereocenters. The van der Waals surface area contributed by atoms with Crippen LogP contribution in [0.2, 0.25) is 0 Å². The molecule has 6 rings (SSSR count). The van der Waals surface area contributed by atoms with Gasteiger partial charge in [-0.05, 0) is 67.5 Å². The summed E-state index contributed by atoms with van der Waals surface area (Å²) >= 11 is 0. The third-order valence-corrected chi connectivity index (χ3v) is 9.55. The number of hydrogen-bond acceptors (Lipinski definition) is 4. The van der Waals surface area contributed by atoms with Gasteiger partial charge in [0.15, 0.2) is 11.6 Å². The van der Waals surface area contributed by atoms with Crippen molar-refractivity contribution in [2.75, 3.05) is 52.4 Å². The zero-order valence-corrected chi connectivity index (χ0v) is 26.7. The quantitative estimate of drug-likeness (QED) is 0.382. The van der Waals surface area contributed by atoms with E-state index < -0.39 is 22.8 Å². The molecule has 3 N–H and O–H groups in total. The summed E-state index contributed by atoms with van der Waals surface area (Å²) < 4.78 is 34.9. The molecule has 3 aliphatic heterocycles. The number of urea groups is 1. The lowest BCUT2D eigenvalue weighted by molar-refractivity contribution is -0.114. The molecule has 3 fully saturated rings. The summed E-state index contributed by atoms with van der Waals surface area (Å²) in [5, 5.41) is 3.41. The van der Waals surface area contributed by atoms with Crippen LogP contribution in [0.3, 0.4) is 0 Å². The van der Waals surface area contributed by atoms with Gasteiger partial charge in [0.2, 0.25) is 0 Å². The minimum absolute atomic E-state index is 0. The van der Waals surface area contributed by atoms with Crippen LogP contribution in [0, 0.1) is 11.6 Å². The SMILES string of the molecule is Cl.O.O=C(NC1(c2ccccc2)CCN(CCC2(c3ccc(F)c(F)c3)CN(C(=O)c3ccccc3)CCO2)CC1)N1CCCC1. The fourth-order valence-corrected chi connectivity index (χ4v) is 6.91. The molecule has 0 saturated carbocycles. The van der Waals surface area contributed by atoms with Crippen LogP contribution in [-0.2, 0) is 15.9 Å². The van der Waals surface area contributed by atoms with Gasteiger partial charge in [-0.2, -0.15) is 0 Å². The van der Waals surface area contributed by atoms with Crippen LogP contribution in [0.25, 0.3) is 0 Å². The highest BCUT2D eigenvalue weighted by atomic mass is 35.5. The summed E-state index contributed by atoms with van der Waals surface area (Å²) in [4.78, 5) is 32.7. The number of halogens is 3. The molecule has 3 saturated heterocycles. The number of morpholine rings is 1. The number of carbonyl (C=O) groups is 2. The van der Waals surface area contributed by atoms with Crippen molar-refractivity contribution in [2.45, 2.75) is 43.2 Å². The molecular weight excluding hydrogens is 614 g/mol. The Kier molecular flexibility index (Phi) is 11.8. The minimum Gasteiger partial charge on any atom is -0.412 e. The second kappa shape index (κ2) is 15.3. The summed E-state index contributed by atoms with van der Waals surface area (Å²) in [6.45, 7) is 4.65. The fourth-order valence-electron chi connectivity index (χ4n) is 6.91. The van der Waals surface area contributed by atoms with Crippen LogP contribution in [-0.4, -0.2) is 84.5 Å². The maximum absolute atomic E-state index is 14.5. The van der Waals surface area contributed by atoms with Crippen LogP contribution in [0.4, 0.5) is 13.6 Å². The number of ether oxygens (including phenoxy) is 1. The van der Waals surface area contributed by atoms with Crippen molar-refractivity contribution in [1.82, 2.24) is 20.0 Å². The van der Waals surface area contributed by atoms with Crippen molar-refractivity contribution < 1.29 is 28.6 Å². The monoisotopic (exact) mass is 656 g/mol. The van der Waals surface area contributed by atoms with Crippen LogP contribution in [0.1, 0.15) is 53.6 Å². The maximum Gasteiger partial charge on any atom is 0.318 e. The number of benzene rings is 3. The lowest BCUT2D eigenvalue weighted by Crippen LogP contribution is -2.56. The lowest BCUT2D eigenvalue weighted by atomic mass is 9.80. The first kappa shape index (κ1) is 35.3. The Bertz CT molecular complexity index is 1450. The first-order valence-corrected chi connectivity index (χ1v) is 15.7. The van der Waals surface area contributed by atoms with Crippen LogP contribution >= 0.6 is 12.4 Å². The van der Waals surface area contributed by atoms with Crippen molar-refractivity contribution in [3.63, 3.8) is 0 Å². The van der Waals surface area contributed by atoms with E-state index in [1.165, 1.54) is 6.07 Å².